The van der Waals surface area contributed by atoms with Crippen molar-refractivity contribution in [3.05, 3.63) is 249 Å². The second kappa shape index (κ2) is 16.9. The van der Waals surface area contributed by atoms with Crippen LogP contribution in [0, 0.1) is 0 Å². The van der Waals surface area contributed by atoms with E-state index in [1.165, 1.54) is 103 Å². The third kappa shape index (κ3) is 6.55. The second-order valence-corrected chi connectivity index (χ2v) is 21.0. The minimum atomic E-state index is -1.04. The molecule has 72 heavy (non-hydrogen) atoms. The Morgan fingerprint density at radius 1 is 0.236 bits per heavy atom. The number of hydrogen-bond donors (Lipinski definition) is 0. The zero-order chi connectivity index (χ0) is 46.6. The fraction of sp³-hybridized carbons (Fsp3) is 0. The zero-order valence-electron chi connectivity index (χ0n) is 39.0. The largest absolute Gasteiger partial charge is 0.246 e. The molecule has 15 rings (SSSR count). The molecule has 0 aliphatic heterocycles. The first kappa shape index (κ1) is 42.4. The lowest BCUT2D eigenvalue weighted by Crippen LogP contribution is -2.21. The van der Waals surface area contributed by atoms with Gasteiger partial charge in [-0.15, -0.1) is 0 Å². The van der Waals surface area contributed by atoms with Crippen molar-refractivity contribution in [2.75, 3.05) is 0 Å². The summed E-state index contributed by atoms with van der Waals surface area (Å²) >= 11 is 0. The van der Waals surface area contributed by atoms with Gasteiger partial charge in [-0.05, 0) is 84.1 Å². The molecule has 13 aromatic carbocycles. The van der Waals surface area contributed by atoms with Crippen molar-refractivity contribution in [2.24, 2.45) is 0 Å². The van der Waals surface area contributed by atoms with Crippen molar-refractivity contribution in [1.82, 2.24) is 9.97 Å². The van der Waals surface area contributed by atoms with Gasteiger partial charge < -0.3 is 0 Å². The molecule has 0 atom stereocenters. The van der Waals surface area contributed by atoms with Crippen LogP contribution in [0.3, 0.4) is 0 Å². The summed E-state index contributed by atoms with van der Waals surface area (Å²) in [5, 5.41) is 23.2. The molecular formula is C68H43N2PS. The molecule has 2 aromatic heterocycles. The summed E-state index contributed by atoms with van der Waals surface area (Å²) in [4.78, 5) is 11.0. The van der Waals surface area contributed by atoms with Gasteiger partial charge >= 0.3 is 0 Å². The van der Waals surface area contributed by atoms with E-state index < -0.39 is 7.92 Å². The molecule has 0 unspecified atom stereocenters. The Balaban J connectivity index is 0.00000482. The highest BCUT2D eigenvalue weighted by Gasteiger charge is 2.23. The van der Waals surface area contributed by atoms with Crippen molar-refractivity contribution >= 4 is 146 Å². The topological polar surface area (TPSA) is 25.8 Å². The number of aromatic nitrogens is 2. The molecule has 0 fully saturated rings. The van der Waals surface area contributed by atoms with Crippen molar-refractivity contribution < 1.29 is 0 Å². The van der Waals surface area contributed by atoms with Gasteiger partial charge in [-0.3, -0.25) is 0 Å². The first-order valence-electron chi connectivity index (χ1n) is 24.4. The summed E-state index contributed by atoms with van der Waals surface area (Å²) in [6.07, 6.45) is 0. The summed E-state index contributed by atoms with van der Waals surface area (Å²) in [7, 11) is -1.04. The molecule has 0 spiro atoms. The van der Waals surface area contributed by atoms with Crippen LogP contribution in [0.1, 0.15) is 0 Å². The Hall–Kier alpha value is -8.46. The smallest absolute Gasteiger partial charge is 0.0794 e. The highest BCUT2D eigenvalue weighted by atomic mass is 32.1. The summed E-state index contributed by atoms with van der Waals surface area (Å²) in [5.74, 6) is 0. The summed E-state index contributed by atoms with van der Waals surface area (Å²) in [6.45, 7) is 0. The van der Waals surface area contributed by atoms with Crippen LogP contribution in [0.15, 0.2) is 249 Å². The number of nitrogens with zero attached hydrogens (tertiary/aromatic N) is 2. The van der Waals surface area contributed by atoms with E-state index in [1.54, 1.807) is 0 Å². The number of rotatable bonds is 5. The van der Waals surface area contributed by atoms with E-state index in [0.717, 1.165) is 43.6 Å². The molecule has 4 heteroatoms. The van der Waals surface area contributed by atoms with Crippen LogP contribution in [0.5, 0.6) is 0 Å². The van der Waals surface area contributed by atoms with Crippen molar-refractivity contribution in [3.63, 3.8) is 0 Å². The molecule has 0 saturated carbocycles. The van der Waals surface area contributed by atoms with Crippen molar-refractivity contribution in [3.8, 4) is 22.3 Å². The fourth-order valence-corrected chi connectivity index (χ4v) is 14.1. The summed E-state index contributed by atoms with van der Waals surface area (Å²) in [6, 6.07) is 92.0. The fourth-order valence-electron chi connectivity index (χ4n) is 11.6. The van der Waals surface area contributed by atoms with Crippen LogP contribution in [-0.4, -0.2) is 9.97 Å². The van der Waals surface area contributed by atoms with Crippen LogP contribution in [-0.2, 0) is 0 Å². The minimum Gasteiger partial charge on any atom is -0.246 e. The predicted molar refractivity (Wildman–Crippen MR) is 317 cm³/mol. The van der Waals surface area contributed by atoms with E-state index in [-0.39, 0.29) is 13.5 Å². The van der Waals surface area contributed by atoms with Crippen LogP contribution in [0.25, 0.3) is 131 Å². The average Bonchev–Trinajstić information content (AvgIpc) is 3.44. The molecule has 336 valence electrons. The third-order valence-electron chi connectivity index (χ3n) is 14.9. The number of fused-ring (bicyclic) bond motifs is 15. The number of benzene rings is 13. The van der Waals surface area contributed by atoms with Gasteiger partial charge in [0.15, 0.2) is 0 Å². The average molecular weight is 951 g/mol. The molecular weight excluding hydrogens is 908 g/mol. The molecule has 2 heterocycles. The lowest BCUT2D eigenvalue weighted by Gasteiger charge is -2.23. The van der Waals surface area contributed by atoms with E-state index in [1.807, 2.05) is 0 Å². The Labute approximate surface area is 424 Å². The molecule has 0 aliphatic rings. The van der Waals surface area contributed by atoms with Crippen LogP contribution in [0.4, 0.5) is 0 Å². The molecule has 0 amide bonds. The number of hydrogen-bond acceptors (Lipinski definition) is 2. The number of pyridine rings is 2. The molecule has 0 aliphatic carbocycles. The van der Waals surface area contributed by atoms with E-state index in [2.05, 4.69) is 249 Å². The van der Waals surface area contributed by atoms with Crippen LogP contribution >= 0.6 is 21.4 Å². The van der Waals surface area contributed by atoms with Gasteiger partial charge in [0.2, 0.25) is 0 Å². The van der Waals surface area contributed by atoms with Gasteiger partial charge in [0.1, 0.15) is 0 Å². The molecule has 15 aromatic rings. The van der Waals surface area contributed by atoms with Gasteiger partial charge in [-0.25, -0.2) is 9.97 Å². The maximum absolute atomic E-state index is 5.49. The van der Waals surface area contributed by atoms with Gasteiger partial charge in [-0.1, -0.05) is 243 Å². The Kier molecular flexibility index (Phi) is 9.93. The Morgan fingerprint density at radius 2 is 0.542 bits per heavy atom. The van der Waals surface area contributed by atoms with Crippen molar-refractivity contribution in [2.45, 2.75) is 0 Å². The molecule has 2 nitrogen and oxygen atoms in total. The molecule has 0 radical (unpaired) electrons. The van der Waals surface area contributed by atoms with Gasteiger partial charge in [0.25, 0.3) is 0 Å². The Morgan fingerprint density at radius 3 is 0.917 bits per heavy atom. The van der Waals surface area contributed by atoms with Crippen LogP contribution in [0.2, 0.25) is 0 Å². The van der Waals surface area contributed by atoms with Crippen molar-refractivity contribution in [1.29, 1.82) is 0 Å². The highest BCUT2D eigenvalue weighted by molar-refractivity contribution is 7.80. The Bertz CT molecular complexity index is 4270. The van der Waals surface area contributed by atoms with E-state index >= 15 is 0 Å². The molecule has 0 bridgehead atoms. The van der Waals surface area contributed by atoms with E-state index in [4.69, 9.17) is 9.97 Å². The maximum atomic E-state index is 5.49. The maximum Gasteiger partial charge on any atom is 0.0794 e. The SMILES string of the molecule is S.c1ccc2c(c1)cc(P(c1ccc(-c3c4ccc5ccccc5c4nc4c3ccc3ccccc34)cc1)c1ccc(-c3c4ccc5ccccc5c4nc4c3ccc3ccccc34)cc1)c1ccccc12. The summed E-state index contributed by atoms with van der Waals surface area (Å²) < 4.78 is 0. The minimum absolute atomic E-state index is 0. The van der Waals surface area contributed by atoms with E-state index in [9.17, 15) is 0 Å². The lowest BCUT2D eigenvalue weighted by atomic mass is 9.92. The molecule has 0 N–H and O–H groups in total. The first-order chi connectivity index (χ1) is 35.2. The predicted octanol–water partition coefficient (Wildman–Crippen LogP) is 17.2. The first-order valence-corrected chi connectivity index (χ1v) is 25.7. The zero-order valence-corrected chi connectivity index (χ0v) is 40.9. The van der Waals surface area contributed by atoms with Gasteiger partial charge in [-0.2, -0.15) is 13.5 Å². The van der Waals surface area contributed by atoms with Gasteiger partial charge in [0.05, 0.1) is 22.1 Å². The normalized spacial score (nSPS) is 11.9. The van der Waals surface area contributed by atoms with E-state index in [0.29, 0.717) is 0 Å². The third-order valence-corrected chi connectivity index (χ3v) is 17.4. The van der Waals surface area contributed by atoms with Crippen LogP contribution < -0.4 is 15.9 Å². The monoisotopic (exact) mass is 950 g/mol. The molecule has 0 saturated heterocycles. The lowest BCUT2D eigenvalue weighted by molar-refractivity contribution is 1.53. The highest BCUT2D eigenvalue weighted by Crippen LogP contribution is 2.44. The second-order valence-electron chi connectivity index (χ2n) is 18.8. The standard InChI is InChI=1S/C68H41N2P.H2S/c1-7-19-52-42(13-1)29-37-58-63(59-38-30-43-14-2-8-20-53(43)66(59)69-65(52)58)46-25-33-49(34-26-46)71(62-41-48-17-5-6-18-51(48)56-23-11-12-24-57(56)62)50-35-27-47(28-36-50)64-60-39-31-44-15-3-9-21-54(44)67(60)70-68-55-22-10-4-16-45(55)32-40-61(64)68;/h1-41H;1H2. The quantitative estimate of drug-likeness (QED) is 0.0976. The summed E-state index contributed by atoms with van der Waals surface area (Å²) in [5.41, 5.74) is 8.94. The van der Waals surface area contributed by atoms with Gasteiger partial charge in [0, 0.05) is 54.2 Å².